The van der Waals surface area contributed by atoms with Crippen molar-refractivity contribution in [2.45, 2.75) is 6.92 Å². The average Bonchev–Trinajstić information content (AvgIpc) is 2.29. The SMILES string of the molecule is CCN(C)CCNc1cccc(C(=O)O)n1. The van der Waals surface area contributed by atoms with Gasteiger partial charge in [0.2, 0.25) is 0 Å². The maximum Gasteiger partial charge on any atom is 0.354 e. The molecule has 0 amide bonds. The molecule has 0 atom stereocenters. The number of hydrogen-bond donors (Lipinski definition) is 2. The van der Waals surface area contributed by atoms with E-state index in [4.69, 9.17) is 5.11 Å². The van der Waals surface area contributed by atoms with E-state index < -0.39 is 5.97 Å². The molecule has 1 aromatic rings. The van der Waals surface area contributed by atoms with Crippen LogP contribution in [0.3, 0.4) is 0 Å². The lowest BCUT2D eigenvalue weighted by Gasteiger charge is -2.14. The van der Waals surface area contributed by atoms with Crippen LogP contribution in [-0.2, 0) is 0 Å². The number of pyridine rings is 1. The Morgan fingerprint density at radius 1 is 1.56 bits per heavy atom. The first-order valence-corrected chi connectivity index (χ1v) is 5.26. The van der Waals surface area contributed by atoms with Crippen molar-refractivity contribution in [3.63, 3.8) is 0 Å². The highest BCUT2D eigenvalue weighted by Gasteiger charge is 2.04. The molecule has 1 aromatic heterocycles. The van der Waals surface area contributed by atoms with Gasteiger partial charge < -0.3 is 15.3 Å². The Hall–Kier alpha value is -1.62. The number of hydrogen-bond acceptors (Lipinski definition) is 4. The number of nitrogens with one attached hydrogen (secondary N) is 1. The van der Waals surface area contributed by atoms with E-state index in [2.05, 4.69) is 22.1 Å². The Morgan fingerprint density at radius 2 is 2.31 bits per heavy atom. The number of nitrogens with zero attached hydrogens (tertiary/aromatic N) is 2. The second-order valence-corrected chi connectivity index (χ2v) is 3.54. The van der Waals surface area contributed by atoms with Crippen molar-refractivity contribution in [2.24, 2.45) is 0 Å². The molecule has 16 heavy (non-hydrogen) atoms. The summed E-state index contributed by atoms with van der Waals surface area (Å²) in [5, 5.41) is 11.9. The molecule has 0 unspecified atom stereocenters. The number of aromatic carboxylic acids is 1. The molecule has 0 spiro atoms. The van der Waals surface area contributed by atoms with E-state index in [-0.39, 0.29) is 5.69 Å². The first-order chi connectivity index (χ1) is 7.63. The summed E-state index contributed by atoms with van der Waals surface area (Å²) >= 11 is 0. The topological polar surface area (TPSA) is 65.5 Å². The van der Waals surface area contributed by atoms with Gasteiger partial charge in [0.05, 0.1) is 0 Å². The number of carboxylic acids is 1. The zero-order valence-corrected chi connectivity index (χ0v) is 9.60. The summed E-state index contributed by atoms with van der Waals surface area (Å²) in [6, 6.07) is 4.92. The largest absolute Gasteiger partial charge is 0.477 e. The average molecular weight is 223 g/mol. The molecule has 1 heterocycles. The molecule has 0 saturated heterocycles. The lowest BCUT2D eigenvalue weighted by atomic mass is 10.3. The molecular formula is C11H17N3O2. The summed E-state index contributed by atoms with van der Waals surface area (Å²) in [6.07, 6.45) is 0. The molecule has 0 saturated carbocycles. The molecule has 0 aromatic carbocycles. The Kier molecular flexibility index (Phi) is 4.72. The molecule has 2 N–H and O–H groups in total. The highest BCUT2D eigenvalue weighted by atomic mass is 16.4. The van der Waals surface area contributed by atoms with Crippen LogP contribution in [0.5, 0.6) is 0 Å². The fourth-order valence-corrected chi connectivity index (χ4v) is 1.19. The van der Waals surface area contributed by atoms with Gasteiger partial charge in [-0.05, 0) is 25.7 Å². The Labute approximate surface area is 95.1 Å². The fourth-order valence-electron chi connectivity index (χ4n) is 1.19. The van der Waals surface area contributed by atoms with Gasteiger partial charge in [0.25, 0.3) is 0 Å². The van der Waals surface area contributed by atoms with Crippen LogP contribution in [0.1, 0.15) is 17.4 Å². The predicted octanol–water partition coefficient (Wildman–Crippen LogP) is 1.14. The van der Waals surface area contributed by atoms with E-state index in [1.165, 1.54) is 6.07 Å². The van der Waals surface area contributed by atoms with Gasteiger partial charge in [-0.25, -0.2) is 9.78 Å². The van der Waals surface area contributed by atoms with Crippen molar-refractivity contribution in [2.75, 3.05) is 32.0 Å². The van der Waals surface area contributed by atoms with Crippen LogP contribution in [-0.4, -0.2) is 47.6 Å². The lowest BCUT2D eigenvalue weighted by molar-refractivity contribution is 0.0690. The summed E-state index contributed by atoms with van der Waals surface area (Å²) in [5.41, 5.74) is 0.0637. The molecule has 88 valence electrons. The third-order valence-electron chi connectivity index (χ3n) is 2.31. The van der Waals surface area contributed by atoms with Gasteiger partial charge in [-0.1, -0.05) is 13.0 Å². The van der Waals surface area contributed by atoms with Gasteiger partial charge in [0.15, 0.2) is 5.69 Å². The number of likely N-dealkylation sites (N-methyl/N-ethyl adjacent to an activating group) is 1. The van der Waals surface area contributed by atoms with E-state index >= 15 is 0 Å². The summed E-state index contributed by atoms with van der Waals surface area (Å²) < 4.78 is 0. The quantitative estimate of drug-likeness (QED) is 0.757. The molecule has 0 bridgehead atoms. The summed E-state index contributed by atoms with van der Waals surface area (Å²) in [7, 11) is 2.03. The van der Waals surface area contributed by atoms with Gasteiger partial charge in [0, 0.05) is 13.1 Å². The summed E-state index contributed by atoms with van der Waals surface area (Å²) in [5.74, 6) is -0.404. The Morgan fingerprint density at radius 3 is 2.94 bits per heavy atom. The van der Waals surface area contributed by atoms with Crippen LogP contribution in [0, 0.1) is 0 Å². The molecular weight excluding hydrogens is 206 g/mol. The van der Waals surface area contributed by atoms with Crippen LogP contribution in [0.2, 0.25) is 0 Å². The standard InChI is InChI=1S/C11H17N3O2/c1-3-14(2)8-7-12-10-6-4-5-9(13-10)11(15)16/h4-6H,3,7-8H2,1-2H3,(H,12,13)(H,15,16). The van der Waals surface area contributed by atoms with E-state index in [1.54, 1.807) is 12.1 Å². The van der Waals surface area contributed by atoms with Crippen molar-refractivity contribution in [1.29, 1.82) is 0 Å². The first-order valence-electron chi connectivity index (χ1n) is 5.26. The molecule has 5 heteroatoms. The Bertz CT molecular complexity index is 355. The third kappa shape index (κ3) is 3.86. The summed E-state index contributed by atoms with van der Waals surface area (Å²) in [6.45, 7) is 4.73. The van der Waals surface area contributed by atoms with Gasteiger partial charge in [0.1, 0.15) is 5.82 Å². The second kappa shape index (κ2) is 6.07. The van der Waals surface area contributed by atoms with Crippen LogP contribution in [0.25, 0.3) is 0 Å². The van der Waals surface area contributed by atoms with Crippen LogP contribution in [0.15, 0.2) is 18.2 Å². The highest BCUT2D eigenvalue weighted by molar-refractivity contribution is 5.85. The number of rotatable bonds is 6. The zero-order valence-electron chi connectivity index (χ0n) is 9.60. The Balaban J connectivity index is 2.48. The maximum absolute atomic E-state index is 10.7. The van der Waals surface area contributed by atoms with Crippen LogP contribution >= 0.6 is 0 Å². The molecule has 0 aliphatic carbocycles. The molecule has 0 radical (unpaired) electrons. The first kappa shape index (κ1) is 12.4. The van der Waals surface area contributed by atoms with Crippen molar-refractivity contribution in [3.05, 3.63) is 23.9 Å². The van der Waals surface area contributed by atoms with Crippen molar-refractivity contribution in [3.8, 4) is 0 Å². The minimum absolute atomic E-state index is 0.0637. The number of aromatic nitrogens is 1. The van der Waals surface area contributed by atoms with E-state index in [9.17, 15) is 4.79 Å². The predicted molar refractivity (Wildman–Crippen MR) is 62.9 cm³/mol. The van der Waals surface area contributed by atoms with Crippen molar-refractivity contribution < 1.29 is 9.90 Å². The van der Waals surface area contributed by atoms with E-state index in [0.717, 1.165) is 19.6 Å². The van der Waals surface area contributed by atoms with Crippen LogP contribution in [0.4, 0.5) is 5.82 Å². The number of carbonyl (C=O) groups is 1. The van der Waals surface area contributed by atoms with Gasteiger partial charge in [-0.2, -0.15) is 0 Å². The zero-order chi connectivity index (χ0) is 12.0. The van der Waals surface area contributed by atoms with E-state index in [1.807, 2.05) is 7.05 Å². The summed E-state index contributed by atoms with van der Waals surface area (Å²) in [4.78, 5) is 16.8. The van der Waals surface area contributed by atoms with Gasteiger partial charge >= 0.3 is 5.97 Å². The molecule has 0 aliphatic rings. The monoisotopic (exact) mass is 223 g/mol. The minimum atomic E-state index is -1.01. The highest BCUT2D eigenvalue weighted by Crippen LogP contribution is 2.04. The second-order valence-electron chi connectivity index (χ2n) is 3.54. The molecule has 0 fully saturated rings. The van der Waals surface area contributed by atoms with Crippen LogP contribution < -0.4 is 5.32 Å². The fraction of sp³-hybridized carbons (Fsp3) is 0.455. The van der Waals surface area contributed by atoms with Crippen molar-refractivity contribution >= 4 is 11.8 Å². The van der Waals surface area contributed by atoms with Gasteiger partial charge in [-0.3, -0.25) is 0 Å². The smallest absolute Gasteiger partial charge is 0.354 e. The minimum Gasteiger partial charge on any atom is -0.477 e. The third-order valence-corrected chi connectivity index (χ3v) is 2.31. The normalized spacial score (nSPS) is 10.4. The molecule has 5 nitrogen and oxygen atoms in total. The number of carboxylic acid groups (broad SMARTS) is 1. The van der Waals surface area contributed by atoms with Crippen molar-refractivity contribution in [1.82, 2.24) is 9.88 Å². The number of anilines is 1. The lowest BCUT2D eigenvalue weighted by Crippen LogP contribution is -2.25. The van der Waals surface area contributed by atoms with E-state index in [0.29, 0.717) is 5.82 Å². The maximum atomic E-state index is 10.7. The van der Waals surface area contributed by atoms with Gasteiger partial charge in [-0.15, -0.1) is 0 Å². The molecule has 1 rings (SSSR count). The molecule has 0 aliphatic heterocycles.